The van der Waals surface area contributed by atoms with Crippen molar-refractivity contribution in [3.63, 3.8) is 0 Å². The normalized spacial score (nSPS) is 15.4. The number of phenolic OH excluding ortho intramolecular Hbond substituents is 1. The Kier molecular flexibility index (Phi) is 7.75. The molecule has 1 atom stereocenters. The summed E-state index contributed by atoms with van der Waals surface area (Å²) in [6, 6.07) is 9.08. The molecular weight excluding hydrogens is 516 g/mol. The van der Waals surface area contributed by atoms with Gasteiger partial charge in [-0.1, -0.05) is 29.0 Å². The number of carbonyl (C=O) groups is 1. The van der Waals surface area contributed by atoms with Crippen LogP contribution in [0, 0.1) is 0 Å². The first-order valence-corrected chi connectivity index (χ1v) is 12.9. The van der Waals surface area contributed by atoms with Gasteiger partial charge in [-0.2, -0.15) is 0 Å². The van der Waals surface area contributed by atoms with Gasteiger partial charge in [0.25, 0.3) is 5.56 Å². The molecule has 1 aliphatic rings. The van der Waals surface area contributed by atoms with E-state index in [1.165, 1.54) is 17.7 Å². The quantitative estimate of drug-likeness (QED) is 0.454. The summed E-state index contributed by atoms with van der Waals surface area (Å²) in [6.07, 6.45) is 1.49. The van der Waals surface area contributed by atoms with Crippen LogP contribution in [0.1, 0.15) is 44.9 Å². The number of fused-ring (bicyclic) bond motifs is 1. The van der Waals surface area contributed by atoms with E-state index in [2.05, 4.69) is 4.99 Å². The van der Waals surface area contributed by atoms with E-state index in [1.54, 1.807) is 50.3 Å². The van der Waals surface area contributed by atoms with E-state index in [4.69, 9.17) is 25.8 Å². The number of carbonyl (C=O) groups excluding carboxylic acids is 1. The summed E-state index contributed by atoms with van der Waals surface area (Å²) in [7, 11) is 1.53. The fraction of sp³-hybridized carbons (Fsp3) is 0.296. The lowest BCUT2D eigenvalue weighted by Gasteiger charge is -2.25. The molecule has 0 spiro atoms. The van der Waals surface area contributed by atoms with Crippen molar-refractivity contribution in [1.29, 1.82) is 0 Å². The Balaban J connectivity index is 1.96. The third kappa shape index (κ3) is 5.28. The molecule has 3 aromatic rings. The minimum absolute atomic E-state index is 0.0133. The standard InChI is InChI=1S/C27H27ClN2O6S/c1-6-35-26(33)23-15(4)29-27-30(24(23)16-7-10-20(36-14(2)3)21(12-16)34-5)25(32)22(37-27)13-17-11-18(28)8-9-19(17)31/h7-14,24,31H,6H2,1-5H3/b22-13-/t24-/m1/s1. The monoisotopic (exact) mass is 542 g/mol. The van der Waals surface area contributed by atoms with E-state index in [0.29, 0.717) is 42.7 Å². The predicted molar refractivity (Wildman–Crippen MR) is 142 cm³/mol. The van der Waals surface area contributed by atoms with Crippen LogP contribution < -0.4 is 24.4 Å². The number of benzene rings is 2. The molecule has 37 heavy (non-hydrogen) atoms. The topological polar surface area (TPSA) is 99.4 Å². The van der Waals surface area contributed by atoms with Gasteiger partial charge in [-0.15, -0.1) is 0 Å². The Morgan fingerprint density at radius 3 is 2.68 bits per heavy atom. The van der Waals surface area contributed by atoms with E-state index in [0.717, 1.165) is 11.3 Å². The molecule has 10 heteroatoms. The van der Waals surface area contributed by atoms with Crippen LogP contribution in [0.3, 0.4) is 0 Å². The van der Waals surface area contributed by atoms with Crippen molar-refractivity contribution in [3.05, 3.63) is 83.5 Å². The molecule has 8 nitrogen and oxygen atoms in total. The molecular formula is C27H27ClN2O6S. The molecule has 0 unspecified atom stereocenters. The average Bonchev–Trinajstić information content (AvgIpc) is 3.15. The summed E-state index contributed by atoms with van der Waals surface area (Å²) < 4.78 is 18.5. The highest BCUT2D eigenvalue weighted by molar-refractivity contribution is 7.07. The predicted octanol–water partition coefficient (Wildman–Crippen LogP) is 3.95. The van der Waals surface area contributed by atoms with E-state index in [1.807, 2.05) is 13.8 Å². The summed E-state index contributed by atoms with van der Waals surface area (Å²) >= 11 is 7.25. The van der Waals surface area contributed by atoms with Crippen LogP contribution in [0.25, 0.3) is 6.08 Å². The van der Waals surface area contributed by atoms with Gasteiger partial charge in [0.05, 0.1) is 41.7 Å². The smallest absolute Gasteiger partial charge is 0.338 e. The second kappa shape index (κ2) is 10.8. The first-order chi connectivity index (χ1) is 17.6. The van der Waals surface area contributed by atoms with Gasteiger partial charge < -0.3 is 19.3 Å². The van der Waals surface area contributed by atoms with Gasteiger partial charge in [-0.25, -0.2) is 9.79 Å². The van der Waals surface area contributed by atoms with Gasteiger partial charge in [0.2, 0.25) is 0 Å². The van der Waals surface area contributed by atoms with Crippen LogP contribution in [0.15, 0.2) is 57.5 Å². The number of hydrogen-bond donors (Lipinski definition) is 1. The zero-order valence-corrected chi connectivity index (χ0v) is 22.6. The van der Waals surface area contributed by atoms with Gasteiger partial charge in [0, 0.05) is 10.6 Å². The molecule has 0 saturated heterocycles. The molecule has 194 valence electrons. The number of aromatic hydroxyl groups is 1. The molecule has 1 N–H and O–H groups in total. The van der Waals surface area contributed by atoms with Crippen LogP contribution in [-0.2, 0) is 9.53 Å². The second-order valence-corrected chi connectivity index (χ2v) is 10.0. The number of thiazole rings is 1. The fourth-order valence-electron chi connectivity index (χ4n) is 4.09. The highest BCUT2D eigenvalue weighted by atomic mass is 35.5. The van der Waals surface area contributed by atoms with Crippen molar-refractivity contribution < 1.29 is 24.1 Å². The summed E-state index contributed by atoms with van der Waals surface area (Å²) in [5, 5.41) is 10.7. The third-order valence-electron chi connectivity index (χ3n) is 5.66. The number of esters is 1. The van der Waals surface area contributed by atoms with Crippen molar-refractivity contribution in [2.24, 2.45) is 4.99 Å². The van der Waals surface area contributed by atoms with Crippen molar-refractivity contribution in [2.45, 2.75) is 39.8 Å². The number of methoxy groups -OCH3 is 1. The Morgan fingerprint density at radius 1 is 1.24 bits per heavy atom. The zero-order chi connectivity index (χ0) is 26.9. The van der Waals surface area contributed by atoms with Gasteiger partial charge in [0.1, 0.15) is 5.75 Å². The number of aromatic nitrogens is 1. The summed E-state index contributed by atoms with van der Waals surface area (Å²) in [6.45, 7) is 7.43. The number of allylic oxidation sites excluding steroid dienone is 1. The van der Waals surface area contributed by atoms with Crippen LogP contribution in [0.4, 0.5) is 0 Å². The maximum Gasteiger partial charge on any atom is 0.338 e. The Morgan fingerprint density at radius 2 is 2.00 bits per heavy atom. The van der Waals surface area contributed by atoms with Gasteiger partial charge in [-0.3, -0.25) is 9.36 Å². The minimum Gasteiger partial charge on any atom is -0.507 e. The van der Waals surface area contributed by atoms with Gasteiger partial charge >= 0.3 is 5.97 Å². The fourth-order valence-corrected chi connectivity index (χ4v) is 5.31. The molecule has 0 radical (unpaired) electrons. The Hall–Kier alpha value is -3.56. The maximum absolute atomic E-state index is 13.7. The number of hydrogen-bond acceptors (Lipinski definition) is 8. The van der Waals surface area contributed by atoms with Gasteiger partial charge in [-0.05, 0) is 69.7 Å². The third-order valence-corrected chi connectivity index (χ3v) is 6.88. The van der Waals surface area contributed by atoms with E-state index in [-0.39, 0.29) is 29.6 Å². The number of halogens is 1. The Bertz CT molecular complexity index is 1570. The molecule has 1 aromatic heterocycles. The molecule has 0 bridgehead atoms. The zero-order valence-electron chi connectivity index (χ0n) is 21.1. The highest BCUT2D eigenvalue weighted by Gasteiger charge is 2.34. The largest absolute Gasteiger partial charge is 0.507 e. The SMILES string of the molecule is CCOC(=O)C1=C(C)N=c2s/c(=C\c3cc(Cl)ccc3O)c(=O)n2[C@@H]1c1ccc(OC(C)C)c(OC)c1. The number of phenols is 1. The van der Waals surface area contributed by atoms with Crippen molar-refractivity contribution in [2.75, 3.05) is 13.7 Å². The highest BCUT2D eigenvalue weighted by Crippen LogP contribution is 2.36. The summed E-state index contributed by atoms with van der Waals surface area (Å²) in [4.78, 5) is 31.8. The molecule has 0 saturated carbocycles. The molecule has 4 rings (SSSR count). The van der Waals surface area contributed by atoms with Crippen LogP contribution in [0.5, 0.6) is 17.2 Å². The molecule has 0 amide bonds. The van der Waals surface area contributed by atoms with Crippen LogP contribution >= 0.6 is 22.9 Å². The van der Waals surface area contributed by atoms with Crippen molar-refractivity contribution >= 4 is 35.0 Å². The number of nitrogens with zero attached hydrogens (tertiary/aromatic N) is 2. The van der Waals surface area contributed by atoms with Crippen LogP contribution in [-0.4, -0.2) is 35.5 Å². The lowest BCUT2D eigenvalue weighted by Crippen LogP contribution is -2.40. The van der Waals surface area contributed by atoms with Crippen molar-refractivity contribution in [3.8, 4) is 17.2 Å². The summed E-state index contributed by atoms with van der Waals surface area (Å²) in [5.74, 6) is 0.441. The second-order valence-electron chi connectivity index (χ2n) is 8.58. The van der Waals surface area contributed by atoms with Crippen LogP contribution in [0.2, 0.25) is 5.02 Å². The van der Waals surface area contributed by atoms with Crippen molar-refractivity contribution in [1.82, 2.24) is 4.57 Å². The lowest BCUT2D eigenvalue weighted by atomic mass is 9.95. The molecule has 0 aliphatic carbocycles. The first-order valence-electron chi connectivity index (χ1n) is 11.7. The number of rotatable bonds is 7. The summed E-state index contributed by atoms with van der Waals surface area (Å²) in [5.41, 5.74) is 1.36. The lowest BCUT2D eigenvalue weighted by molar-refractivity contribution is -0.139. The number of ether oxygens (including phenoxy) is 3. The molecule has 1 aliphatic heterocycles. The van der Waals surface area contributed by atoms with E-state index < -0.39 is 12.0 Å². The first kappa shape index (κ1) is 26.5. The van der Waals surface area contributed by atoms with Gasteiger partial charge in [0.15, 0.2) is 16.3 Å². The van der Waals surface area contributed by atoms with E-state index in [9.17, 15) is 14.7 Å². The van der Waals surface area contributed by atoms with E-state index >= 15 is 0 Å². The Labute approximate surface area is 222 Å². The molecule has 2 aromatic carbocycles. The molecule has 2 heterocycles. The minimum atomic E-state index is -0.813. The maximum atomic E-state index is 13.7. The molecule has 0 fully saturated rings. The average molecular weight is 543 g/mol.